The van der Waals surface area contributed by atoms with E-state index < -0.39 is 17.4 Å². The number of phenolic OH excluding ortho intramolecular Hbond substituents is 1. The van der Waals surface area contributed by atoms with Crippen molar-refractivity contribution >= 4 is 11.9 Å². The second-order valence-electron chi connectivity index (χ2n) is 4.54. The predicted molar refractivity (Wildman–Crippen MR) is 68.2 cm³/mol. The van der Waals surface area contributed by atoms with Crippen molar-refractivity contribution in [3.8, 4) is 5.75 Å². The third-order valence-electron chi connectivity index (χ3n) is 2.69. The van der Waals surface area contributed by atoms with E-state index >= 15 is 0 Å². The Morgan fingerprint density at radius 1 is 1.42 bits per heavy atom. The number of phenols is 1. The molecule has 0 aliphatic rings. The fourth-order valence-corrected chi connectivity index (χ4v) is 1.59. The number of ether oxygens (including phenoxy) is 1. The van der Waals surface area contributed by atoms with Crippen LogP contribution in [0.4, 0.5) is 0 Å². The summed E-state index contributed by atoms with van der Waals surface area (Å²) in [6.45, 7) is 2.93. The topological polar surface area (TPSA) is 95.9 Å². The average molecular weight is 267 g/mol. The van der Waals surface area contributed by atoms with Gasteiger partial charge in [0, 0.05) is 7.11 Å². The molecule has 0 aromatic heterocycles. The van der Waals surface area contributed by atoms with E-state index in [0.717, 1.165) is 5.56 Å². The molecule has 0 aliphatic heterocycles. The van der Waals surface area contributed by atoms with Gasteiger partial charge in [0.05, 0.1) is 12.2 Å². The Kier molecular flexibility index (Phi) is 4.50. The monoisotopic (exact) mass is 267 g/mol. The number of benzene rings is 1. The summed E-state index contributed by atoms with van der Waals surface area (Å²) in [6.07, 6.45) is 0. The van der Waals surface area contributed by atoms with Gasteiger partial charge in [0.25, 0.3) is 5.91 Å². The number of aryl methyl sites for hydroxylation is 1. The van der Waals surface area contributed by atoms with E-state index in [2.05, 4.69) is 5.32 Å². The molecular weight excluding hydrogens is 250 g/mol. The van der Waals surface area contributed by atoms with Crippen LogP contribution in [0, 0.1) is 6.92 Å². The van der Waals surface area contributed by atoms with Crippen LogP contribution in [0.2, 0.25) is 0 Å². The first-order chi connectivity index (χ1) is 8.80. The second-order valence-corrected chi connectivity index (χ2v) is 4.54. The van der Waals surface area contributed by atoms with Crippen molar-refractivity contribution in [1.29, 1.82) is 0 Å². The van der Waals surface area contributed by atoms with E-state index in [-0.39, 0.29) is 17.9 Å². The van der Waals surface area contributed by atoms with Crippen molar-refractivity contribution in [2.45, 2.75) is 19.4 Å². The Morgan fingerprint density at radius 2 is 2.05 bits per heavy atom. The van der Waals surface area contributed by atoms with Crippen molar-refractivity contribution in [2.75, 3.05) is 13.7 Å². The molecule has 0 spiro atoms. The van der Waals surface area contributed by atoms with Gasteiger partial charge in [-0.05, 0) is 31.5 Å². The average Bonchev–Trinajstić information content (AvgIpc) is 2.28. The summed E-state index contributed by atoms with van der Waals surface area (Å²) in [4.78, 5) is 23.1. The summed E-state index contributed by atoms with van der Waals surface area (Å²) >= 11 is 0. The number of methoxy groups -OCH3 is 1. The van der Waals surface area contributed by atoms with Crippen LogP contribution in [0.25, 0.3) is 0 Å². The number of amides is 1. The first kappa shape index (κ1) is 15.0. The Hall–Kier alpha value is -2.08. The van der Waals surface area contributed by atoms with Crippen LogP contribution in [-0.4, -0.2) is 41.3 Å². The summed E-state index contributed by atoms with van der Waals surface area (Å²) < 4.78 is 4.80. The molecule has 6 nitrogen and oxygen atoms in total. The van der Waals surface area contributed by atoms with Crippen LogP contribution in [0.5, 0.6) is 5.75 Å². The molecule has 0 radical (unpaired) electrons. The standard InChI is InChI=1S/C13H17NO5/c1-8-4-5-9(10(15)6-8)11(16)14-13(2,7-19-3)12(17)18/h4-6,15H,7H2,1-3H3,(H,14,16)(H,17,18). The highest BCUT2D eigenvalue weighted by molar-refractivity contribution is 5.99. The number of nitrogens with one attached hydrogen (secondary N) is 1. The zero-order valence-corrected chi connectivity index (χ0v) is 11.1. The number of hydrogen-bond donors (Lipinski definition) is 3. The van der Waals surface area contributed by atoms with E-state index in [1.165, 1.54) is 26.2 Å². The third kappa shape index (κ3) is 3.45. The Morgan fingerprint density at radius 3 is 2.53 bits per heavy atom. The van der Waals surface area contributed by atoms with Crippen molar-refractivity contribution in [3.63, 3.8) is 0 Å². The van der Waals surface area contributed by atoms with E-state index in [4.69, 9.17) is 9.84 Å². The number of hydrogen-bond acceptors (Lipinski definition) is 4. The van der Waals surface area contributed by atoms with Crippen LogP contribution in [0.3, 0.4) is 0 Å². The van der Waals surface area contributed by atoms with Gasteiger partial charge in [-0.3, -0.25) is 4.79 Å². The Balaban J connectivity index is 2.97. The molecule has 19 heavy (non-hydrogen) atoms. The molecule has 1 atom stereocenters. The zero-order valence-electron chi connectivity index (χ0n) is 11.1. The SMILES string of the molecule is COCC(C)(NC(=O)c1ccc(C)cc1O)C(=O)O. The van der Waals surface area contributed by atoms with Gasteiger partial charge in [0.15, 0.2) is 5.54 Å². The molecule has 1 aromatic rings. The van der Waals surface area contributed by atoms with E-state index in [9.17, 15) is 14.7 Å². The number of carbonyl (C=O) groups excluding carboxylic acids is 1. The molecule has 0 heterocycles. The van der Waals surface area contributed by atoms with Crippen LogP contribution in [-0.2, 0) is 9.53 Å². The van der Waals surface area contributed by atoms with Crippen LogP contribution in [0.15, 0.2) is 18.2 Å². The minimum atomic E-state index is -1.55. The van der Waals surface area contributed by atoms with E-state index in [1.54, 1.807) is 13.0 Å². The van der Waals surface area contributed by atoms with E-state index in [0.29, 0.717) is 0 Å². The third-order valence-corrected chi connectivity index (χ3v) is 2.69. The number of carboxylic acid groups (broad SMARTS) is 1. The minimum absolute atomic E-state index is 0.0224. The van der Waals surface area contributed by atoms with Crippen molar-refractivity contribution < 1.29 is 24.5 Å². The maximum atomic E-state index is 12.0. The second kappa shape index (κ2) is 5.71. The smallest absolute Gasteiger partial charge is 0.331 e. The molecule has 0 fully saturated rings. The first-order valence-corrected chi connectivity index (χ1v) is 5.64. The van der Waals surface area contributed by atoms with Gasteiger partial charge in [-0.2, -0.15) is 0 Å². The van der Waals surface area contributed by atoms with Crippen LogP contribution < -0.4 is 5.32 Å². The fraction of sp³-hybridized carbons (Fsp3) is 0.385. The maximum Gasteiger partial charge on any atom is 0.331 e. The van der Waals surface area contributed by atoms with Gasteiger partial charge in [0.1, 0.15) is 5.75 Å². The fourth-order valence-electron chi connectivity index (χ4n) is 1.59. The summed E-state index contributed by atoms with van der Waals surface area (Å²) in [5, 5.41) is 21.2. The number of rotatable bonds is 5. The molecule has 6 heteroatoms. The van der Waals surface area contributed by atoms with Gasteiger partial charge in [-0.25, -0.2) is 4.79 Å². The van der Waals surface area contributed by atoms with Crippen LogP contribution >= 0.6 is 0 Å². The maximum absolute atomic E-state index is 12.0. The molecule has 0 aliphatic carbocycles. The van der Waals surface area contributed by atoms with Crippen molar-refractivity contribution in [1.82, 2.24) is 5.32 Å². The molecule has 1 unspecified atom stereocenters. The summed E-state index contributed by atoms with van der Waals surface area (Å²) in [5.74, 6) is -2.07. The van der Waals surface area contributed by atoms with E-state index in [1.807, 2.05) is 0 Å². The minimum Gasteiger partial charge on any atom is -0.507 e. The van der Waals surface area contributed by atoms with Crippen LogP contribution in [0.1, 0.15) is 22.8 Å². The highest BCUT2D eigenvalue weighted by Gasteiger charge is 2.35. The molecule has 0 saturated carbocycles. The molecule has 3 N–H and O–H groups in total. The lowest BCUT2D eigenvalue weighted by molar-refractivity contribution is -0.145. The summed E-state index contributed by atoms with van der Waals surface area (Å²) in [7, 11) is 1.34. The molecule has 1 amide bonds. The lowest BCUT2D eigenvalue weighted by atomic mass is 10.0. The normalized spacial score (nSPS) is 13.6. The number of aliphatic carboxylic acids is 1. The number of carbonyl (C=O) groups is 2. The zero-order chi connectivity index (χ0) is 14.6. The van der Waals surface area contributed by atoms with Gasteiger partial charge in [-0.1, -0.05) is 6.07 Å². The number of carboxylic acids is 1. The van der Waals surface area contributed by atoms with Crippen molar-refractivity contribution in [2.24, 2.45) is 0 Å². The Labute approximate surface area is 111 Å². The molecule has 104 valence electrons. The molecule has 1 rings (SSSR count). The molecule has 1 aromatic carbocycles. The van der Waals surface area contributed by atoms with Gasteiger partial charge in [0.2, 0.25) is 0 Å². The summed E-state index contributed by atoms with van der Waals surface area (Å²) in [5.41, 5.74) is -0.732. The molecule has 0 saturated heterocycles. The lowest BCUT2D eigenvalue weighted by Gasteiger charge is -2.25. The summed E-state index contributed by atoms with van der Waals surface area (Å²) in [6, 6.07) is 4.53. The Bertz CT molecular complexity index is 500. The number of aromatic hydroxyl groups is 1. The highest BCUT2D eigenvalue weighted by Crippen LogP contribution is 2.19. The highest BCUT2D eigenvalue weighted by atomic mass is 16.5. The lowest BCUT2D eigenvalue weighted by Crippen LogP contribution is -2.55. The first-order valence-electron chi connectivity index (χ1n) is 5.64. The van der Waals surface area contributed by atoms with Gasteiger partial charge < -0.3 is 20.3 Å². The largest absolute Gasteiger partial charge is 0.507 e. The molecule has 0 bridgehead atoms. The van der Waals surface area contributed by atoms with Gasteiger partial charge in [-0.15, -0.1) is 0 Å². The molecular formula is C13H17NO5. The quantitative estimate of drug-likeness (QED) is 0.737. The van der Waals surface area contributed by atoms with Gasteiger partial charge >= 0.3 is 5.97 Å². The predicted octanol–water partition coefficient (Wildman–Crippen LogP) is 0.920. The van der Waals surface area contributed by atoms with Crippen molar-refractivity contribution in [3.05, 3.63) is 29.3 Å².